The van der Waals surface area contributed by atoms with Gasteiger partial charge in [-0.2, -0.15) is 0 Å². The molecule has 1 fully saturated rings. The number of carbonyl (C=O) groups is 3. The molecule has 6 heteroatoms. The highest BCUT2D eigenvalue weighted by Gasteiger charge is 2.41. The third kappa shape index (κ3) is 4.81. The van der Waals surface area contributed by atoms with Crippen molar-refractivity contribution in [2.24, 2.45) is 11.8 Å². The van der Waals surface area contributed by atoms with Crippen LogP contribution in [0.25, 0.3) is 0 Å². The Labute approximate surface area is 125 Å². The molecule has 6 nitrogen and oxygen atoms in total. The Morgan fingerprint density at radius 3 is 2.43 bits per heavy atom. The normalized spacial score (nSPS) is 24.0. The van der Waals surface area contributed by atoms with Gasteiger partial charge in [0.15, 0.2) is 0 Å². The smallest absolute Gasteiger partial charge is 0.321 e. The summed E-state index contributed by atoms with van der Waals surface area (Å²) in [5.74, 6) is -0.959. The first kappa shape index (κ1) is 17.6. The predicted octanol–water partition coefficient (Wildman–Crippen LogP) is 1.25. The zero-order valence-electron chi connectivity index (χ0n) is 13.0. The van der Waals surface area contributed by atoms with Gasteiger partial charge in [0.2, 0.25) is 5.91 Å². The average Bonchev–Trinajstić information content (AvgIpc) is 2.87. The largest absolute Gasteiger partial charge is 0.480 e. The molecule has 0 aliphatic carbocycles. The Balaban J connectivity index is 2.90. The molecule has 21 heavy (non-hydrogen) atoms. The van der Waals surface area contributed by atoms with Crippen LogP contribution >= 0.6 is 0 Å². The second-order valence-electron chi connectivity index (χ2n) is 5.82. The summed E-state index contributed by atoms with van der Waals surface area (Å²) in [4.78, 5) is 35.6. The van der Waals surface area contributed by atoms with Crippen LogP contribution in [-0.2, 0) is 14.4 Å². The lowest BCUT2D eigenvalue weighted by Crippen LogP contribution is -2.52. The maximum absolute atomic E-state index is 11.4. The van der Waals surface area contributed by atoms with Gasteiger partial charge in [0.1, 0.15) is 12.3 Å². The van der Waals surface area contributed by atoms with Gasteiger partial charge < -0.3 is 15.2 Å². The predicted molar refractivity (Wildman–Crippen MR) is 78.6 cm³/mol. The molecule has 120 valence electrons. The number of hydrogen-bond acceptors (Lipinski definition) is 4. The second-order valence-corrected chi connectivity index (χ2v) is 5.82. The number of rotatable bonds is 8. The molecule has 1 aliphatic heterocycles. The molecule has 0 spiro atoms. The summed E-state index contributed by atoms with van der Waals surface area (Å²) in [5.41, 5.74) is 0. The minimum Gasteiger partial charge on any atom is -0.480 e. The van der Waals surface area contributed by atoms with Crippen molar-refractivity contribution in [3.05, 3.63) is 0 Å². The van der Waals surface area contributed by atoms with Crippen molar-refractivity contribution in [2.75, 3.05) is 6.54 Å². The summed E-state index contributed by atoms with van der Waals surface area (Å²) >= 11 is 0. The van der Waals surface area contributed by atoms with E-state index in [2.05, 4.69) is 19.2 Å². The Morgan fingerprint density at radius 1 is 1.38 bits per heavy atom. The van der Waals surface area contributed by atoms with Crippen molar-refractivity contribution < 1.29 is 19.5 Å². The van der Waals surface area contributed by atoms with Gasteiger partial charge in [-0.15, -0.1) is 0 Å². The highest BCUT2D eigenvalue weighted by Crippen LogP contribution is 2.27. The van der Waals surface area contributed by atoms with E-state index in [1.165, 1.54) is 6.92 Å². The summed E-state index contributed by atoms with van der Waals surface area (Å²) in [6.07, 6.45) is 3.49. The minimum atomic E-state index is -0.931. The second kappa shape index (κ2) is 8.12. The van der Waals surface area contributed by atoms with Crippen LogP contribution in [0, 0.1) is 11.8 Å². The quantitative estimate of drug-likeness (QED) is 0.659. The molecule has 1 amide bonds. The molecule has 3 unspecified atom stereocenters. The van der Waals surface area contributed by atoms with E-state index >= 15 is 0 Å². The molecule has 0 aromatic rings. The molecule has 0 aromatic heterocycles. The van der Waals surface area contributed by atoms with Gasteiger partial charge in [-0.3, -0.25) is 14.5 Å². The molecule has 3 atom stereocenters. The number of nitrogens with zero attached hydrogens (tertiary/aromatic N) is 1. The van der Waals surface area contributed by atoms with E-state index < -0.39 is 12.0 Å². The van der Waals surface area contributed by atoms with Crippen molar-refractivity contribution in [1.82, 2.24) is 10.2 Å². The van der Waals surface area contributed by atoms with Crippen LogP contribution in [0.3, 0.4) is 0 Å². The standard InChI is InChI=1S/C15H26N2O4/c1-4-11(5-2)7-14(16-10(3)19)17-8-12(9-18)6-13(17)15(20)21/h9,11-14H,4-8H2,1-3H3,(H,16,19)(H,20,21). The minimum absolute atomic E-state index is 0.176. The van der Waals surface area contributed by atoms with Gasteiger partial charge in [0.05, 0.1) is 6.17 Å². The monoisotopic (exact) mass is 298 g/mol. The zero-order chi connectivity index (χ0) is 16.0. The van der Waals surface area contributed by atoms with Gasteiger partial charge >= 0.3 is 5.97 Å². The number of aliphatic carboxylic acids is 1. The van der Waals surface area contributed by atoms with Crippen molar-refractivity contribution in [1.29, 1.82) is 0 Å². The third-order valence-corrected chi connectivity index (χ3v) is 4.33. The van der Waals surface area contributed by atoms with E-state index in [9.17, 15) is 19.5 Å². The van der Waals surface area contributed by atoms with Gasteiger partial charge in [0, 0.05) is 19.4 Å². The lowest BCUT2D eigenvalue weighted by Gasteiger charge is -2.33. The number of likely N-dealkylation sites (tertiary alicyclic amines) is 1. The summed E-state index contributed by atoms with van der Waals surface area (Å²) in [6, 6.07) is -0.702. The number of carboxylic acids is 1. The number of aldehydes is 1. The highest BCUT2D eigenvalue weighted by molar-refractivity contribution is 5.76. The molecule has 1 rings (SSSR count). The fourth-order valence-electron chi connectivity index (χ4n) is 3.03. The fourth-order valence-corrected chi connectivity index (χ4v) is 3.03. The molecule has 0 aromatic carbocycles. The van der Waals surface area contributed by atoms with Crippen LogP contribution in [-0.4, -0.2) is 46.9 Å². The van der Waals surface area contributed by atoms with E-state index in [4.69, 9.17) is 0 Å². The van der Waals surface area contributed by atoms with Crippen LogP contribution < -0.4 is 5.32 Å². The molecule has 2 N–H and O–H groups in total. The van der Waals surface area contributed by atoms with Crippen LogP contribution in [0.2, 0.25) is 0 Å². The molecule has 1 aliphatic rings. The van der Waals surface area contributed by atoms with Gasteiger partial charge in [0.25, 0.3) is 0 Å². The van der Waals surface area contributed by atoms with E-state index in [-0.39, 0.29) is 18.0 Å². The number of hydrogen-bond donors (Lipinski definition) is 2. The summed E-state index contributed by atoms with van der Waals surface area (Å²) in [7, 11) is 0. The summed E-state index contributed by atoms with van der Waals surface area (Å²) in [6.45, 7) is 6.01. The van der Waals surface area contributed by atoms with Crippen LogP contribution in [0.15, 0.2) is 0 Å². The van der Waals surface area contributed by atoms with E-state index in [1.807, 2.05) is 0 Å². The lowest BCUT2D eigenvalue weighted by atomic mass is 9.97. The first-order valence-corrected chi connectivity index (χ1v) is 7.63. The highest BCUT2D eigenvalue weighted by atomic mass is 16.4. The Hall–Kier alpha value is -1.43. The van der Waals surface area contributed by atoms with Crippen LogP contribution in [0.1, 0.15) is 46.5 Å². The SMILES string of the molecule is CCC(CC)CC(NC(C)=O)N1CC(C=O)CC1C(=O)O. The number of nitrogens with one attached hydrogen (secondary N) is 1. The average molecular weight is 298 g/mol. The molecular weight excluding hydrogens is 272 g/mol. The molecule has 0 saturated carbocycles. The Kier molecular flexibility index (Phi) is 6.81. The molecule has 1 saturated heterocycles. The van der Waals surface area contributed by atoms with Crippen molar-refractivity contribution in [3.63, 3.8) is 0 Å². The number of carboxylic acid groups (broad SMARTS) is 1. The van der Waals surface area contributed by atoms with Crippen molar-refractivity contribution >= 4 is 18.2 Å². The number of amides is 1. The van der Waals surface area contributed by atoms with E-state index in [1.54, 1.807) is 4.90 Å². The molecular formula is C15H26N2O4. The van der Waals surface area contributed by atoms with Gasteiger partial charge in [-0.05, 0) is 18.8 Å². The van der Waals surface area contributed by atoms with E-state index in [0.29, 0.717) is 25.3 Å². The molecule has 0 radical (unpaired) electrons. The topological polar surface area (TPSA) is 86.7 Å². The van der Waals surface area contributed by atoms with Crippen molar-refractivity contribution in [2.45, 2.75) is 58.7 Å². The number of carbonyl (C=O) groups excluding carboxylic acids is 2. The third-order valence-electron chi connectivity index (χ3n) is 4.33. The zero-order valence-corrected chi connectivity index (χ0v) is 13.0. The first-order valence-electron chi connectivity index (χ1n) is 7.63. The lowest BCUT2D eigenvalue weighted by molar-refractivity contribution is -0.144. The fraction of sp³-hybridized carbons (Fsp3) is 0.800. The molecule has 1 heterocycles. The molecule has 0 bridgehead atoms. The van der Waals surface area contributed by atoms with Crippen molar-refractivity contribution in [3.8, 4) is 0 Å². The first-order chi connectivity index (χ1) is 9.92. The van der Waals surface area contributed by atoms with E-state index in [0.717, 1.165) is 19.1 Å². The Bertz CT molecular complexity index is 382. The maximum Gasteiger partial charge on any atom is 0.321 e. The van der Waals surface area contributed by atoms with Crippen LogP contribution in [0.4, 0.5) is 0 Å². The Morgan fingerprint density at radius 2 is 2.00 bits per heavy atom. The summed E-state index contributed by atoms with van der Waals surface area (Å²) in [5, 5.41) is 12.2. The maximum atomic E-state index is 11.4. The van der Waals surface area contributed by atoms with Gasteiger partial charge in [-0.1, -0.05) is 26.7 Å². The summed E-state index contributed by atoms with van der Waals surface area (Å²) < 4.78 is 0. The van der Waals surface area contributed by atoms with Crippen LogP contribution in [0.5, 0.6) is 0 Å². The van der Waals surface area contributed by atoms with Gasteiger partial charge in [-0.25, -0.2) is 0 Å².